The third kappa shape index (κ3) is 5.08. The summed E-state index contributed by atoms with van der Waals surface area (Å²) in [5.41, 5.74) is 4.20. The number of hydrogen-bond donors (Lipinski definition) is 1. The highest BCUT2D eigenvalue weighted by atomic mass is 19.1. The number of hydrogen-bond acceptors (Lipinski definition) is 10. The van der Waals surface area contributed by atoms with Crippen molar-refractivity contribution in [3.63, 3.8) is 0 Å². The minimum absolute atomic E-state index is 0.0613. The van der Waals surface area contributed by atoms with Crippen LogP contribution in [0.4, 0.5) is 10.1 Å². The number of rotatable bonds is 9. The number of carbonyl (C=O) groups excluding carboxylic acids is 1. The van der Waals surface area contributed by atoms with Crippen LogP contribution in [0, 0.1) is 15.9 Å². The number of oxime groups is 1. The third-order valence-electron chi connectivity index (χ3n) is 6.32. The Labute approximate surface area is 227 Å². The Morgan fingerprint density at radius 3 is 2.55 bits per heavy atom. The van der Waals surface area contributed by atoms with Gasteiger partial charge in [-0.25, -0.2) is 9.82 Å². The molecule has 5 rings (SSSR count). The predicted molar refractivity (Wildman–Crippen MR) is 140 cm³/mol. The number of benzene rings is 3. The van der Waals surface area contributed by atoms with Gasteiger partial charge in [0, 0.05) is 30.0 Å². The molecule has 3 aromatic carbocycles. The zero-order valence-corrected chi connectivity index (χ0v) is 21.4. The third-order valence-corrected chi connectivity index (χ3v) is 6.32. The highest BCUT2D eigenvalue weighted by Gasteiger charge is 2.34. The van der Waals surface area contributed by atoms with E-state index in [4.69, 9.17) is 23.8 Å². The lowest BCUT2D eigenvalue weighted by atomic mass is 9.95. The molecular weight excluding hydrogens is 527 g/mol. The summed E-state index contributed by atoms with van der Waals surface area (Å²) in [6.45, 7) is -0.0613. The quantitative estimate of drug-likeness (QED) is 0.239. The molecule has 40 heavy (non-hydrogen) atoms. The summed E-state index contributed by atoms with van der Waals surface area (Å²) in [6, 6.07) is 11.5. The van der Waals surface area contributed by atoms with Crippen LogP contribution < -0.4 is 24.4 Å². The smallest absolute Gasteiger partial charge is 0.282 e. The van der Waals surface area contributed by atoms with Crippen molar-refractivity contribution in [2.24, 2.45) is 10.3 Å². The molecular formula is C27H23FN4O8. The number of nitrogens with zero attached hydrogens (tertiary/aromatic N) is 3. The number of halogens is 1. The topological polar surface area (TPSA) is 143 Å². The second-order valence-electron chi connectivity index (χ2n) is 8.68. The maximum absolute atomic E-state index is 13.4. The first kappa shape index (κ1) is 26.4. The Bertz CT molecular complexity index is 1520. The van der Waals surface area contributed by atoms with Gasteiger partial charge in [0.25, 0.3) is 11.6 Å². The van der Waals surface area contributed by atoms with E-state index in [0.29, 0.717) is 40.5 Å². The van der Waals surface area contributed by atoms with Crippen LogP contribution in [0.5, 0.6) is 23.0 Å². The number of nitrogens with one attached hydrogen (secondary N) is 1. The van der Waals surface area contributed by atoms with Gasteiger partial charge in [-0.3, -0.25) is 14.9 Å². The Hall–Kier alpha value is -5.20. The van der Waals surface area contributed by atoms with Crippen LogP contribution in [0.15, 0.2) is 58.8 Å². The van der Waals surface area contributed by atoms with Gasteiger partial charge in [-0.05, 0) is 23.8 Å². The monoisotopic (exact) mass is 550 g/mol. The van der Waals surface area contributed by atoms with Gasteiger partial charge < -0.3 is 23.8 Å². The molecule has 0 fully saturated rings. The van der Waals surface area contributed by atoms with E-state index in [2.05, 4.69) is 15.7 Å². The molecule has 3 aromatic rings. The molecule has 2 heterocycles. The molecule has 0 saturated carbocycles. The molecule has 12 nitrogen and oxygen atoms in total. The van der Waals surface area contributed by atoms with Crippen molar-refractivity contribution in [2.45, 2.75) is 18.9 Å². The van der Waals surface area contributed by atoms with Gasteiger partial charge in [0.2, 0.25) is 18.3 Å². The molecule has 0 spiro atoms. The first-order chi connectivity index (χ1) is 19.4. The van der Waals surface area contributed by atoms with E-state index in [0.717, 1.165) is 5.56 Å². The van der Waals surface area contributed by atoms with E-state index in [-0.39, 0.29) is 36.0 Å². The number of ether oxygens (including phenoxy) is 4. The minimum atomic E-state index is -0.770. The highest BCUT2D eigenvalue weighted by Crippen LogP contribution is 2.52. The molecule has 206 valence electrons. The standard InChI is InChI=1S/C27H23FN4O8/c1-36-23-19(11-17-12-21(31-40-17)15-7-9-16(28)10-8-15)20(24(37-2)26-25(23)38-14-39-26)13-29-30-27(33)18-5-3-4-6-22(18)32(34)35/h3-10,13,17H,11-12,14H2,1-2H3,(H,30,33)/b29-13-/t17-/m0/s1. The van der Waals surface area contributed by atoms with Gasteiger partial charge in [-0.1, -0.05) is 29.4 Å². The summed E-state index contributed by atoms with van der Waals surface area (Å²) in [4.78, 5) is 29.0. The first-order valence-corrected chi connectivity index (χ1v) is 12.0. The first-order valence-electron chi connectivity index (χ1n) is 12.0. The Balaban J connectivity index is 1.45. The van der Waals surface area contributed by atoms with E-state index < -0.39 is 16.9 Å². The second kappa shape index (κ2) is 11.3. The fraction of sp³-hybridized carbons (Fsp3) is 0.222. The van der Waals surface area contributed by atoms with Crippen LogP contribution in [-0.2, 0) is 11.3 Å². The molecule has 2 aliphatic rings. The maximum Gasteiger partial charge on any atom is 0.282 e. The van der Waals surface area contributed by atoms with Gasteiger partial charge in [0.15, 0.2) is 11.5 Å². The number of methoxy groups -OCH3 is 2. The zero-order valence-electron chi connectivity index (χ0n) is 21.4. The number of fused-ring (bicyclic) bond motifs is 1. The van der Waals surface area contributed by atoms with Crippen molar-refractivity contribution in [3.8, 4) is 23.0 Å². The SMILES string of the molecule is COc1c(/C=N\NC(=O)c2ccccc2[N+](=O)[O-])c(C[C@H]2CC(c3ccc(F)cc3)=NO2)c(OC)c2c1OCO2. The summed E-state index contributed by atoms with van der Waals surface area (Å²) in [5.74, 6) is 0.157. The summed E-state index contributed by atoms with van der Waals surface area (Å²) < 4.78 is 35.9. The number of carbonyl (C=O) groups is 1. The molecule has 0 saturated heterocycles. The van der Waals surface area contributed by atoms with Crippen LogP contribution in [0.3, 0.4) is 0 Å². The predicted octanol–water partition coefficient (Wildman–Crippen LogP) is 3.98. The van der Waals surface area contributed by atoms with Gasteiger partial charge in [-0.2, -0.15) is 5.10 Å². The maximum atomic E-state index is 13.4. The van der Waals surface area contributed by atoms with Crippen molar-refractivity contribution >= 4 is 23.5 Å². The van der Waals surface area contributed by atoms with Crippen LogP contribution >= 0.6 is 0 Å². The molecule has 0 aromatic heterocycles. The van der Waals surface area contributed by atoms with Gasteiger partial charge in [-0.15, -0.1) is 0 Å². The summed E-state index contributed by atoms with van der Waals surface area (Å²) in [6.07, 6.45) is 1.61. The average Bonchev–Trinajstić information content (AvgIpc) is 3.63. The Morgan fingerprint density at radius 1 is 1.15 bits per heavy atom. The van der Waals surface area contributed by atoms with E-state index >= 15 is 0 Å². The molecule has 1 N–H and O–H groups in total. The van der Waals surface area contributed by atoms with Gasteiger partial charge in [0.1, 0.15) is 17.5 Å². The lowest BCUT2D eigenvalue weighted by Crippen LogP contribution is -2.19. The number of hydrazone groups is 1. The van der Waals surface area contributed by atoms with Gasteiger partial charge in [0.05, 0.1) is 31.1 Å². The molecule has 0 aliphatic carbocycles. The number of amides is 1. The Morgan fingerprint density at radius 2 is 1.85 bits per heavy atom. The summed E-state index contributed by atoms with van der Waals surface area (Å²) in [5, 5.41) is 19.5. The van der Waals surface area contributed by atoms with Crippen molar-refractivity contribution in [3.05, 3.63) is 86.7 Å². The van der Waals surface area contributed by atoms with Crippen LogP contribution in [0.1, 0.15) is 33.5 Å². The lowest BCUT2D eigenvalue weighted by Gasteiger charge is -2.19. The minimum Gasteiger partial charge on any atom is -0.492 e. The fourth-order valence-electron chi connectivity index (χ4n) is 4.51. The lowest BCUT2D eigenvalue weighted by molar-refractivity contribution is -0.385. The van der Waals surface area contributed by atoms with E-state index in [1.165, 1.54) is 56.8 Å². The number of nitro benzene ring substituents is 1. The van der Waals surface area contributed by atoms with Gasteiger partial charge >= 0.3 is 0 Å². The zero-order chi connectivity index (χ0) is 28.2. The van der Waals surface area contributed by atoms with Crippen molar-refractivity contribution in [2.75, 3.05) is 21.0 Å². The second-order valence-corrected chi connectivity index (χ2v) is 8.68. The van der Waals surface area contributed by atoms with Crippen LogP contribution in [-0.4, -0.2) is 49.9 Å². The molecule has 0 radical (unpaired) electrons. The van der Waals surface area contributed by atoms with E-state index in [1.807, 2.05) is 0 Å². The number of para-hydroxylation sites is 1. The van der Waals surface area contributed by atoms with E-state index in [9.17, 15) is 19.3 Å². The van der Waals surface area contributed by atoms with Crippen LogP contribution in [0.2, 0.25) is 0 Å². The van der Waals surface area contributed by atoms with E-state index in [1.54, 1.807) is 12.1 Å². The highest BCUT2D eigenvalue weighted by molar-refractivity contribution is 6.01. The molecule has 0 unspecified atom stereocenters. The fourth-order valence-corrected chi connectivity index (χ4v) is 4.51. The number of nitro groups is 1. The molecule has 13 heteroatoms. The summed E-state index contributed by atoms with van der Waals surface area (Å²) >= 11 is 0. The molecule has 1 atom stereocenters. The van der Waals surface area contributed by atoms with Crippen molar-refractivity contribution in [1.29, 1.82) is 0 Å². The van der Waals surface area contributed by atoms with Crippen molar-refractivity contribution in [1.82, 2.24) is 5.43 Å². The molecule has 1 amide bonds. The van der Waals surface area contributed by atoms with Crippen molar-refractivity contribution < 1.29 is 37.9 Å². The molecule has 2 aliphatic heterocycles. The Kier molecular flexibility index (Phi) is 7.44. The molecule has 0 bridgehead atoms. The largest absolute Gasteiger partial charge is 0.492 e. The van der Waals surface area contributed by atoms with Crippen LogP contribution in [0.25, 0.3) is 0 Å². The summed E-state index contributed by atoms with van der Waals surface area (Å²) in [7, 11) is 2.92. The normalized spacial score (nSPS) is 15.5. The average molecular weight is 550 g/mol.